The zero-order valence-electron chi connectivity index (χ0n) is 14.2. The zero-order chi connectivity index (χ0) is 14.7. The summed E-state index contributed by atoms with van der Waals surface area (Å²) < 4.78 is 0. The lowest BCUT2D eigenvalue weighted by atomic mass is 9.67. The smallest absolute Gasteiger partial charge is 0.000770 e. The fourth-order valence-electron chi connectivity index (χ4n) is 3.67. The predicted octanol–water partition coefficient (Wildman–Crippen LogP) is 5.50. The molecule has 0 bridgehead atoms. The summed E-state index contributed by atoms with van der Waals surface area (Å²) in [7, 11) is 0. The Hall–Kier alpha value is 0.310. The third-order valence-electron chi connectivity index (χ3n) is 5.08. The van der Waals surface area contributed by atoms with Crippen LogP contribution in [0.5, 0.6) is 0 Å². The summed E-state index contributed by atoms with van der Waals surface area (Å²) in [5.41, 5.74) is 0.632. The van der Waals surface area contributed by atoms with Crippen molar-refractivity contribution in [3.8, 4) is 0 Å². The number of unbranched alkanes of at least 4 members (excludes halogenated alkanes) is 1. The lowest BCUT2D eigenvalue weighted by molar-refractivity contribution is 0.128. The van der Waals surface area contributed by atoms with Crippen LogP contribution in [0.1, 0.15) is 78.6 Å². The van der Waals surface area contributed by atoms with Gasteiger partial charge in [0.15, 0.2) is 0 Å². The molecular formula is C18H37NS. The van der Waals surface area contributed by atoms with Crippen LogP contribution in [-0.2, 0) is 0 Å². The zero-order valence-corrected chi connectivity index (χ0v) is 15.0. The topological polar surface area (TPSA) is 12.0 Å². The van der Waals surface area contributed by atoms with E-state index < -0.39 is 0 Å². The molecule has 1 fully saturated rings. The van der Waals surface area contributed by atoms with Crippen molar-refractivity contribution in [2.24, 2.45) is 11.3 Å². The second kappa shape index (κ2) is 11.0. The van der Waals surface area contributed by atoms with Crippen molar-refractivity contribution in [1.29, 1.82) is 0 Å². The van der Waals surface area contributed by atoms with E-state index in [0.29, 0.717) is 5.41 Å². The molecule has 0 aromatic rings. The summed E-state index contributed by atoms with van der Waals surface area (Å²) >= 11 is 2.11. The molecule has 1 nitrogen and oxygen atoms in total. The summed E-state index contributed by atoms with van der Waals surface area (Å²) in [5, 5.41) is 3.65. The molecule has 0 aromatic heterocycles. The standard InChI is InChI=1S/C18H37NS/c1-4-7-9-17-10-13-18(14-11-17,16-19-5-2)12-8-15-20-6-3/h17,19H,4-16H2,1-3H3. The van der Waals surface area contributed by atoms with E-state index in [-0.39, 0.29) is 0 Å². The molecule has 20 heavy (non-hydrogen) atoms. The first-order valence-corrected chi connectivity index (χ1v) is 10.2. The van der Waals surface area contributed by atoms with Gasteiger partial charge in [0.2, 0.25) is 0 Å². The van der Waals surface area contributed by atoms with Gasteiger partial charge in [0.25, 0.3) is 0 Å². The second-order valence-corrected chi connectivity index (χ2v) is 8.06. The predicted molar refractivity (Wildman–Crippen MR) is 94.7 cm³/mol. The summed E-state index contributed by atoms with van der Waals surface area (Å²) in [6.45, 7) is 9.24. The fraction of sp³-hybridized carbons (Fsp3) is 1.00. The van der Waals surface area contributed by atoms with Crippen LogP contribution in [-0.4, -0.2) is 24.6 Å². The first-order valence-electron chi connectivity index (χ1n) is 9.04. The van der Waals surface area contributed by atoms with Gasteiger partial charge in [0.05, 0.1) is 0 Å². The average Bonchev–Trinajstić information content (AvgIpc) is 2.49. The van der Waals surface area contributed by atoms with Crippen LogP contribution >= 0.6 is 11.8 Å². The SMILES string of the molecule is CCCCC1CCC(CCCSCC)(CNCC)CC1. The Morgan fingerprint density at radius 1 is 1.10 bits per heavy atom. The molecule has 0 atom stereocenters. The third-order valence-corrected chi connectivity index (χ3v) is 6.07. The minimum Gasteiger partial charge on any atom is -0.316 e. The van der Waals surface area contributed by atoms with E-state index in [1.54, 1.807) is 0 Å². The van der Waals surface area contributed by atoms with Gasteiger partial charge < -0.3 is 5.32 Å². The highest BCUT2D eigenvalue weighted by molar-refractivity contribution is 7.99. The van der Waals surface area contributed by atoms with Gasteiger partial charge in [-0.05, 0) is 67.9 Å². The van der Waals surface area contributed by atoms with Crippen LogP contribution in [0.2, 0.25) is 0 Å². The third kappa shape index (κ3) is 6.85. The van der Waals surface area contributed by atoms with Crippen molar-refractivity contribution in [2.75, 3.05) is 24.6 Å². The molecular weight excluding hydrogens is 262 g/mol. The molecule has 0 aromatic carbocycles. The lowest BCUT2D eigenvalue weighted by Gasteiger charge is -2.41. The van der Waals surface area contributed by atoms with Crippen molar-refractivity contribution in [3.05, 3.63) is 0 Å². The van der Waals surface area contributed by atoms with Crippen molar-refractivity contribution >= 4 is 11.8 Å². The highest BCUT2D eigenvalue weighted by atomic mass is 32.2. The highest BCUT2D eigenvalue weighted by Gasteiger charge is 2.34. The number of nitrogens with one attached hydrogen (secondary N) is 1. The van der Waals surface area contributed by atoms with Gasteiger partial charge >= 0.3 is 0 Å². The molecule has 1 aliphatic carbocycles. The van der Waals surface area contributed by atoms with Gasteiger partial charge in [-0.15, -0.1) is 0 Å². The molecule has 120 valence electrons. The van der Waals surface area contributed by atoms with Gasteiger partial charge in [-0.3, -0.25) is 0 Å². The van der Waals surface area contributed by atoms with E-state index in [2.05, 4.69) is 37.8 Å². The molecule has 2 heteroatoms. The fourth-order valence-corrected chi connectivity index (χ4v) is 4.31. The summed E-state index contributed by atoms with van der Waals surface area (Å²) in [6, 6.07) is 0. The van der Waals surface area contributed by atoms with Crippen LogP contribution in [0.3, 0.4) is 0 Å². The average molecular weight is 300 g/mol. The molecule has 1 N–H and O–H groups in total. The number of rotatable bonds is 11. The van der Waals surface area contributed by atoms with Crippen LogP contribution < -0.4 is 5.32 Å². The van der Waals surface area contributed by atoms with Crippen LogP contribution in [0.25, 0.3) is 0 Å². The van der Waals surface area contributed by atoms with Crippen LogP contribution in [0, 0.1) is 11.3 Å². The van der Waals surface area contributed by atoms with Crippen LogP contribution in [0.15, 0.2) is 0 Å². The number of hydrogen-bond acceptors (Lipinski definition) is 2. The molecule has 1 aliphatic rings. The Morgan fingerprint density at radius 3 is 2.45 bits per heavy atom. The largest absolute Gasteiger partial charge is 0.316 e. The van der Waals surface area contributed by atoms with Crippen LogP contribution in [0.4, 0.5) is 0 Å². The van der Waals surface area contributed by atoms with E-state index in [1.807, 2.05) is 0 Å². The molecule has 1 rings (SSSR count). The highest BCUT2D eigenvalue weighted by Crippen LogP contribution is 2.43. The maximum Gasteiger partial charge on any atom is 0.000770 e. The Labute approximate surface area is 132 Å². The van der Waals surface area contributed by atoms with Gasteiger partial charge in [0, 0.05) is 6.54 Å². The molecule has 1 saturated carbocycles. The van der Waals surface area contributed by atoms with E-state index in [1.165, 1.54) is 75.8 Å². The van der Waals surface area contributed by atoms with E-state index >= 15 is 0 Å². The van der Waals surface area contributed by atoms with Crippen molar-refractivity contribution in [3.63, 3.8) is 0 Å². The first kappa shape index (κ1) is 18.4. The first-order chi connectivity index (χ1) is 9.76. The maximum absolute atomic E-state index is 3.65. The van der Waals surface area contributed by atoms with Crippen molar-refractivity contribution < 1.29 is 0 Å². The Bertz CT molecular complexity index is 221. The Balaban J connectivity index is 2.36. The molecule has 0 unspecified atom stereocenters. The van der Waals surface area contributed by atoms with E-state index in [4.69, 9.17) is 0 Å². The Kier molecular flexibility index (Phi) is 10.1. The molecule has 0 aliphatic heterocycles. The second-order valence-electron chi connectivity index (χ2n) is 6.67. The monoisotopic (exact) mass is 299 g/mol. The van der Waals surface area contributed by atoms with Gasteiger partial charge in [-0.25, -0.2) is 0 Å². The minimum atomic E-state index is 0.632. The van der Waals surface area contributed by atoms with Crippen molar-refractivity contribution in [1.82, 2.24) is 5.32 Å². The quantitative estimate of drug-likeness (QED) is 0.506. The van der Waals surface area contributed by atoms with Gasteiger partial charge in [-0.2, -0.15) is 11.8 Å². The van der Waals surface area contributed by atoms with Gasteiger partial charge in [-0.1, -0.05) is 40.0 Å². The van der Waals surface area contributed by atoms with Gasteiger partial charge in [0.1, 0.15) is 0 Å². The normalized spacial score (nSPS) is 26.9. The maximum atomic E-state index is 3.65. The van der Waals surface area contributed by atoms with Crippen molar-refractivity contribution in [2.45, 2.75) is 78.6 Å². The van der Waals surface area contributed by atoms with E-state index in [0.717, 1.165) is 12.5 Å². The summed E-state index contributed by atoms with van der Waals surface area (Å²) in [6.07, 6.45) is 13.1. The minimum absolute atomic E-state index is 0.632. The molecule has 0 amide bonds. The summed E-state index contributed by atoms with van der Waals surface area (Å²) in [5.74, 6) is 3.68. The lowest BCUT2D eigenvalue weighted by Crippen LogP contribution is -2.38. The Morgan fingerprint density at radius 2 is 1.85 bits per heavy atom. The molecule has 0 spiro atoms. The molecule has 0 heterocycles. The van der Waals surface area contributed by atoms with E-state index in [9.17, 15) is 0 Å². The number of thioether (sulfide) groups is 1. The number of hydrogen-bond donors (Lipinski definition) is 1. The summed E-state index contributed by atoms with van der Waals surface area (Å²) in [4.78, 5) is 0. The molecule has 0 saturated heterocycles. The molecule has 0 radical (unpaired) electrons.